The van der Waals surface area contributed by atoms with Crippen LogP contribution in [0.4, 0.5) is 0 Å². The lowest BCUT2D eigenvalue weighted by Gasteiger charge is -2.39. The summed E-state index contributed by atoms with van der Waals surface area (Å²) in [6, 6.07) is 5.74. The number of likely N-dealkylation sites (N-methyl/N-ethyl adjacent to an activating group) is 1. The molecule has 0 aliphatic carbocycles. The standard InChI is InChI=1S/C14H24N2S/c1-11(2)14(13-7-5-9-17-13)16-8-4-6-12(10-16)15-3/h5,7,9,11-12,14-15H,4,6,8,10H2,1-3H3. The molecule has 2 heterocycles. The second kappa shape index (κ2) is 5.98. The van der Waals surface area contributed by atoms with Crippen molar-refractivity contribution in [1.82, 2.24) is 10.2 Å². The van der Waals surface area contributed by atoms with Crippen LogP contribution in [0.3, 0.4) is 0 Å². The normalized spacial score (nSPS) is 24.1. The molecule has 0 saturated carbocycles. The van der Waals surface area contributed by atoms with Gasteiger partial charge in [0.2, 0.25) is 0 Å². The average molecular weight is 252 g/mol. The molecule has 0 aromatic carbocycles. The SMILES string of the molecule is CNC1CCCN(C(c2cccs2)C(C)C)C1. The fourth-order valence-corrected chi connectivity index (χ4v) is 3.92. The molecule has 2 unspecified atom stereocenters. The minimum absolute atomic E-state index is 0.603. The van der Waals surface area contributed by atoms with Gasteiger partial charge in [0, 0.05) is 23.5 Å². The number of thiophene rings is 1. The third kappa shape index (κ3) is 3.09. The maximum Gasteiger partial charge on any atom is 0.0465 e. The van der Waals surface area contributed by atoms with Crippen LogP contribution in [-0.4, -0.2) is 31.1 Å². The molecule has 0 amide bonds. The maximum atomic E-state index is 3.43. The Balaban J connectivity index is 2.11. The van der Waals surface area contributed by atoms with Gasteiger partial charge in [0.1, 0.15) is 0 Å². The first-order chi connectivity index (χ1) is 8.22. The highest BCUT2D eigenvalue weighted by atomic mass is 32.1. The molecule has 0 spiro atoms. The van der Waals surface area contributed by atoms with Crippen LogP contribution < -0.4 is 5.32 Å². The lowest BCUT2D eigenvalue weighted by Crippen LogP contribution is -2.46. The summed E-state index contributed by atoms with van der Waals surface area (Å²) >= 11 is 1.90. The highest BCUT2D eigenvalue weighted by Gasteiger charge is 2.28. The Morgan fingerprint density at radius 3 is 2.88 bits per heavy atom. The Labute approximate surface area is 109 Å². The number of hydrogen-bond donors (Lipinski definition) is 1. The van der Waals surface area contributed by atoms with Crippen molar-refractivity contribution >= 4 is 11.3 Å². The van der Waals surface area contributed by atoms with Crippen molar-refractivity contribution in [3.8, 4) is 0 Å². The van der Waals surface area contributed by atoms with Crippen molar-refractivity contribution in [3.63, 3.8) is 0 Å². The predicted molar refractivity (Wildman–Crippen MR) is 75.6 cm³/mol. The minimum atomic E-state index is 0.603. The third-order valence-corrected chi connectivity index (χ3v) is 4.66. The van der Waals surface area contributed by atoms with Gasteiger partial charge < -0.3 is 5.32 Å². The number of rotatable bonds is 4. The predicted octanol–water partition coefficient (Wildman–Crippen LogP) is 3.13. The molecule has 2 rings (SSSR count). The Kier molecular flexibility index (Phi) is 4.60. The van der Waals surface area contributed by atoms with Gasteiger partial charge in [0.25, 0.3) is 0 Å². The van der Waals surface area contributed by atoms with Gasteiger partial charge in [-0.2, -0.15) is 0 Å². The summed E-state index contributed by atoms with van der Waals surface area (Å²) in [4.78, 5) is 4.19. The first-order valence-corrected chi connectivity index (χ1v) is 7.55. The van der Waals surface area contributed by atoms with Crippen LogP contribution in [-0.2, 0) is 0 Å². The maximum absolute atomic E-state index is 3.43. The molecule has 1 aliphatic heterocycles. The minimum Gasteiger partial charge on any atom is -0.316 e. The summed E-state index contributed by atoms with van der Waals surface area (Å²) in [6.07, 6.45) is 2.64. The number of piperidine rings is 1. The van der Waals surface area contributed by atoms with Crippen molar-refractivity contribution in [2.24, 2.45) is 5.92 Å². The topological polar surface area (TPSA) is 15.3 Å². The molecule has 1 aliphatic rings. The zero-order valence-electron chi connectivity index (χ0n) is 11.1. The van der Waals surface area contributed by atoms with E-state index < -0.39 is 0 Å². The van der Waals surface area contributed by atoms with E-state index >= 15 is 0 Å². The Bertz CT molecular complexity index is 321. The number of nitrogens with zero attached hydrogens (tertiary/aromatic N) is 1. The zero-order chi connectivity index (χ0) is 12.3. The van der Waals surface area contributed by atoms with Crippen LogP contribution in [0.5, 0.6) is 0 Å². The molecule has 0 bridgehead atoms. The van der Waals surface area contributed by atoms with Crippen molar-refractivity contribution in [1.29, 1.82) is 0 Å². The summed E-state index contributed by atoms with van der Waals surface area (Å²) in [7, 11) is 2.09. The molecule has 1 N–H and O–H groups in total. The lowest BCUT2D eigenvalue weighted by molar-refractivity contribution is 0.112. The largest absolute Gasteiger partial charge is 0.316 e. The molecule has 2 nitrogen and oxygen atoms in total. The molecule has 1 fully saturated rings. The van der Waals surface area contributed by atoms with Crippen LogP contribution >= 0.6 is 11.3 Å². The van der Waals surface area contributed by atoms with Crippen molar-refractivity contribution in [3.05, 3.63) is 22.4 Å². The van der Waals surface area contributed by atoms with E-state index in [4.69, 9.17) is 0 Å². The van der Waals surface area contributed by atoms with Gasteiger partial charge >= 0.3 is 0 Å². The first-order valence-electron chi connectivity index (χ1n) is 6.67. The highest BCUT2D eigenvalue weighted by molar-refractivity contribution is 7.10. The summed E-state index contributed by atoms with van der Waals surface area (Å²) < 4.78 is 0. The number of likely N-dealkylation sites (tertiary alicyclic amines) is 1. The van der Waals surface area contributed by atoms with Gasteiger partial charge in [0.15, 0.2) is 0 Å². The van der Waals surface area contributed by atoms with Gasteiger partial charge in [-0.15, -0.1) is 11.3 Å². The second-order valence-corrected chi connectivity index (χ2v) is 6.31. The van der Waals surface area contributed by atoms with E-state index in [2.05, 4.69) is 48.6 Å². The monoisotopic (exact) mass is 252 g/mol. The van der Waals surface area contributed by atoms with E-state index in [-0.39, 0.29) is 0 Å². The molecule has 2 atom stereocenters. The van der Waals surface area contributed by atoms with E-state index in [1.165, 1.54) is 30.8 Å². The molecule has 1 aromatic heterocycles. The van der Waals surface area contributed by atoms with Gasteiger partial charge in [-0.1, -0.05) is 19.9 Å². The van der Waals surface area contributed by atoms with Gasteiger partial charge in [-0.3, -0.25) is 4.90 Å². The van der Waals surface area contributed by atoms with Gasteiger partial charge in [-0.25, -0.2) is 0 Å². The number of hydrogen-bond acceptors (Lipinski definition) is 3. The van der Waals surface area contributed by atoms with Crippen molar-refractivity contribution in [2.75, 3.05) is 20.1 Å². The van der Waals surface area contributed by atoms with E-state index in [0.717, 1.165) is 0 Å². The Hall–Kier alpha value is -0.380. The molecular weight excluding hydrogens is 228 g/mol. The van der Waals surface area contributed by atoms with Crippen molar-refractivity contribution < 1.29 is 0 Å². The Morgan fingerprint density at radius 1 is 1.47 bits per heavy atom. The molecule has 1 aromatic rings. The van der Waals surface area contributed by atoms with Crippen LogP contribution in [0.2, 0.25) is 0 Å². The molecule has 0 radical (unpaired) electrons. The molecule has 1 saturated heterocycles. The molecule has 17 heavy (non-hydrogen) atoms. The average Bonchev–Trinajstić information content (AvgIpc) is 2.83. The van der Waals surface area contributed by atoms with E-state index in [1.807, 2.05) is 11.3 Å². The van der Waals surface area contributed by atoms with E-state index in [1.54, 1.807) is 0 Å². The molecule has 3 heteroatoms. The van der Waals surface area contributed by atoms with Gasteiger partial charge in [-0.05, 0) is 43.8 Å². The van der Waals surface area contributed by atoms with Crippen LogP contribution in [0, 0.1) is 5.92 Å². The highest BCUT2D eigenvalue weighted by Crippen LogP contribution is 2.33. The van der Waals surface area contributed by atoms with Crippen LogP contribution in [0.1, 0.15) is 37.6 Å². The fraction of sp³-hybridized carbons (Fsp3) is 0.714. The zero-order valence-corrected chi connectivity index (χ0v) is 12.0. The van der Waals surface area contributed by atoms with Crippen molar-refractivity contribution in [2.45, 2.75) is 38.8 Å². The van der Waals surface area contributed by atoms with Gasteiger partial charge in [0.05, 0.1) is 0 Å². The number of nitrogens with one attached hydrogen (secondary N) is 1. The van der Waals surface area contributed by atoms with Crippen LogP contribution in [0.25, 0.3) is 0 Å². The summed E-state index contributed by atoms with van der Waals surface area (Å²) in [5.74, 6) is 0.684. The molecular formula is C14H24N2S. The third-order valence-electron chi connectivity index (χ3n) is 3.72. The smallest absolute Gasteiger partial charge is 0.0465 e. The summed E-state index contributed by atoms with van der Waals surface area (Å²) in [5.41, 5.74) is 0. The quantitative estimate of drug-likeness (QED) is 0.885. The fourth-order valence-electron chi connectivity index (χ4n) is 2.88. The first kappa shape index (κ1) is 13.1. The van der Waals surface area contributed by atoms with E-state index in [9.17, 15) is 0 Å². The summed E-state index contributed by atoms with van der Waals surface area (Å²) in [6.45, 7) is 7.12. The Morgan fingerprint density at radius 2 is 2.29 bits per heavy atom. The molecule has 96 valence electrons. The lowest BCUT2D eigenvalue weighted by atomic mass is 9.96. The van der Waals surface area contributed by atoms with Crippen LogP contribution in [0.15, 0.2) is 17.5 Å². The summed E-state index contributed by atoms with van der Waals surface area (Å²) in [5, 5.41) is 5.63. The second-order valence-electron chi connectivity index (χ2n) is 5.33. The van der Waals surface area contributed by atoms with E-state index in [0.29, 0.717) is 18.0 Å².